The van der Waals surface area contributed by atoms with Gasteiger partial charge in [0.05, 0.1) is 0 Å². The fraction of sp³-hybridized carbons (Fsp3) is 0.652. The van der Waals surface area contributed by atoms with Gasteiger partial charge in [-0.25, -0.2) is 0 Å². The molecule has 0 bridgehead atoms. The number of rotatable bonds is 5. The smallest absolute Gasteiger partial charge is 0.252 e. The first-order chi connectivity index (χ1) is 15.3. The minimum absolute atomic E-state index is 0.168. The summed E-state index contributed by atoms with van der Waals surface area (Å²) in [7, 11) is 0. The highest BCUT2D eigenvalue weighted by Gasteiger charge is 2.62. The summed E-state index contributed by atoms with van der Waals surface area (Å²) >= 11 is 3.37. The summed E-state index contributed by atoms with van der Waals surface area (Å²) in [6.45, 7) is 10.8. The zero-order valence-electron chi connectivity index (χ0n) is 19.6. The first-order valence-corrected chi connectivity index (χ1v) is 11.9. The largest absolute Gasteiger partial charge is 0.342 e. The Morgan fingerprint density at radius 3 is 2.12 bits per heavy atom. The third-order valence-corrected chi connectivity index (χ3v) is 6.30. The number of carbonyl (C=O) groups is 2. The van der Waals surface area contributed by atoms with Crippen molar-refractivity contribution in [1.82, 2.24) is 5.32 Å². The van der Waals surface area contributed by atoms with Gasteiger partial charge >= 0.3 is 0 Å². The molecule has 182 valence electrons. The van der Waals surface area contributed by atoms with E-state index in [9.17, 15) is 9.59 Å². The number of carbonyl (C=O) groups excluding carboxylic acids is 2. The van der Waals surface area contributed by atoms with Crippen LogP contribution in [0.15, 0.2) is 28.7 Å². The van der Waals surface area contributed by atoms with E-state index in [1.54, 1.807) is 39.8 Å². The summed E-state index contributed by atoms with van der Waals surface area (Å²) in [4.78, 5) is 26.3. The van der Waals surface area contributed by atoms with Crippen molar-refractivity contribution in [2.24, 2.45) is 5.92 Å². The maximum atomic E-state index is 13.4. The lowest BCUT2D eigenvalue weighted by Crippen LogP contribution is -2.61. The van der Waals surface area contributed by atoms with Crippen molar-refractivity contribution in [3.8, 4) is 0 Å². The lowest BCUT2D eigenvalue weighted by molar-refractivity contribution is -0.231. The molecule has 3 aliphatic heterocycles. The van der Waals surface area contributed by atoms with Crippen LogP contribution in [-0.2, 0) is 33.3 Å². The Kier molecular flexibility index (Phi) is 6.63. The van der Waals surface area contributed by atoms with E-state index in [2.05, 4.69) is 26.6 Å². The van der Waals surface area contributed by atoms with Crippen molar-refractivity contribution >= 4 is 33.4 Å². The summed E-state index contributed by atoms with van der Waals surface area (Å²) < 4.78 is 30.8. The fourth-order valence-electron chi connectivity index (χ4n) is 4.35. The van der Waals surface area contributed by atoms with Crippen molar-refractivity contribution in [3.63, 3.8) is 0 Å². The first kappa shape index (κ1) is 24.6. The zero-order chi connectivity index (χ0) is 24.1. The molecule has 0 aromatic heterocycles. The maximum absolute atomic E-state index is 13.4. The summed E-state index contributed by atoms with van der Waals surface area (Å²) in [5.41, 5.74) is 0.632. The Balaban J connectivity index is 1.50. The van der Waals surface area contributed by atoms with Crippen LogP contribution in [0.5, 0.6) is 0 Å². The van der Waals surface area contributed by atoms with E-state index in [1.807, 2.05) is 26.0 Å². The number of fused-ring (bicyclic) bond motifs is 3. The second kappa shape index (κ2) is 8.90. The van der Waals surface area contributed by atoms with Crippen LogP contribution in [0.1, 0.15) is 41.5 Å². The molecule has 3 aliphatic rings. The van der Waals surface area contributed by atoms with Gasteiger partial charge in [0, 0.05) is 10.2 Å². The standard InChI is InChI=1S/C23H31BrN2O7/c1-11(2)14(19(27)25-13-9-7-12(24)8-10-13)26-20(28)17-15-16(31-22(3,4)30-15)18-21(29-17)33-23(5,6)32-18/h7-11,14-18,21H,1-6H3,(H,25,27)(H,26,28). The number of ether oxygens (including phenoxy) is 5. The Labute approximate surface area is 201 Å². The molecule has 2 N–H and O–H groups in total. The number of hydrogen-bond donors (Lipinski definition) is 2. The minimum Gasteiger partial charge on any atom is -0.342 e. The third kappa shape index (κ3) is 5.26. The zero-order valence-corrected chi connectivity index (χ0v) is 21.2. The second-order valence-electron chi connectivity index (χ2n) is 9.82. The SMILES string of the molecule is CC(C)C(NC(=O)C1OC2OC(C)(C)OC2C2OC(C)(C)OC12)C(=O)Nc1ccc(Br)cc1. The molecule has 3 heterocycles. The Hall–Kier alpha value is -1.56. The van der Waals surface area contributed by atoms with Crippen LogP contribution in [0.2, 0.25) is 0 Å². The molecule has 3 saturated heterocycles. The van der Waals surface area contributed by atoms with E-state index in [0.29, 0.717) is 5.69 Å². The van der Waals surface area contributed by atoms with Gasteiger partial charge in [-0.2, -0.15) is 0 Å². The van der Waals surface area contributed by atoms with Gasteiger partial charge in [-0.05, 0) is 57.9 Å². The highest BCUT2D eigenvalue weighted by Crippen LogP contribution is 2.44. The van der Waals surface area contributed by atoms with E-state index in [0.717, 1.165) is 4.47 Å². The predicted octanol–water partition coefficient (Wildman–Crippen LogP) is 2.92. The van der Waals surface area contributed by atoms with E-state index >= 15 is 0 Å². The van der Waals surface area contributed by atoms with Gasteiger partial charge in [-0.3, -0.25) is 9.59 Å². The first-order valence-electron chi connectivity index (χ1n) is 11.1. The number of amides is 2. The maximum Gasteiger partial charge on any atom is 0.252 e. The molecular formula is C23H31BrN2O7. The van der Waals surface area contributed by atoms with Crippen molar-refractivity contribution in [2.75, 3.05) is 5.32 Å². The van der Waals surface area contributed by atoms with E-state index < -0.39 is 54.2 Å². The molecule has 33 heavy (non-hydrogen) atoms. The van der Waals surface area contributed by atoms with Crippen molar-refractivity contribution in [1.29, 1.82) is 0 Å². The van der Waals surface area contributed by atoms with Crippen LogP contribution in [0.4, 0.5) is 5.69 Å². The quantitative estimate of drug-likeness (QED) is 0.607. The van der Waals surface area contributed by atoms with Crippen molar-refractivity contribution in [2.45, 2.75) is 89.9 Å². The highest BCUT2D eigenvalue weighted by molar-refractivity contribution is 9.10. The van der Waals surface area contributed by atoms with Gasteiger partial charge in [-0.15, -0.1) is 0 Å². The molecule has 6 unspecified atom stereocenters. The van der Waals surface area contributed by atoms with Crippen LogP contribution in [0, 0.1) is 5.92 Å². The molecule has 0 radical (unpaired) electrons. The van der Waals surface area contributed by atoms with Crippen molar-refractivity contribution < 1.29 is 33.3 Å². The lowest BCUT2D eigenvalue weighted by atomic mass is 9.97. The lowest BCUT2D eigenvalue weighted by Gasteiger charge is -2.37. The minimum atomic E-state index is -1.03. The molecule has 0 saturated carbocycles. The van der Waals surface area contributed by atoms with Gasteiger partial charge in [0.1, 0.15) is 24.4 Å². The highest BCUT2D eigenvalue weighted by atomic mass is 79.9. The van der Waals surface area contributed by atoms with Crippen LogP contribution >= 0.6 is 15.9 Å². The Morgan fingerprint density at radius 2 is 1.48 bits per heavy atom. The number of nitrogens with one attached hydrogen (secondary N) is 2. The fourth-order valence-corrected chi connectivity index (χ4v) is 4.61. The van der Waals surface area contributed by atoms with E-state index in [1.165, 1.54) is 0 Å². The van der Waals surface area contributed by atoms with Crippen LogP contribution in [0.3, 0.4) is 0 Å². The summed E-state index contributed by atoms with van der Waals surface area (Å²) in [6, 6.07) is 6.43. The van der Waals surface area contributed by atoms with Crippen LogP contribution < -0.4 is 10.6 Å². The molecule has 0 aliphatic carbocycles. The Bertz CT molecular complexity index is 905. The summed E-state index contributed by atoms with van der Waals surface area (Å²) in [5, 5.41) is 5.69. The summed E-state index contributed by atoms with van der Waals surface area (Å²) in [5.74, 6) is -2.76. The monoisotopic (exact) mass is 526 g/mol. The molecule has 1 aromatic carbocycles. The van der Waals surface area contributed by atoms with Gasteiger partial charge in [0.2, 0.25) is 5.91 Å². The van der Waals surface area contributed by atoms with E-state index in [-0.39, 0.29) is 11.8 Å². The molecule has 1 aromatic rings. The molecule has 2 amide bonds. The topological polar surface area (TPSA) is 104 Å². The van der Waals surface area contributed by atoms with Gasteiger partial charge < -0.3 is 34.3 Å². The normalized spacial score (nSPS) is 32.7. The van der Waals surface area contributed by atoms with Gasteiger partial charge in [-0.1, -0.05) is 29.8 Å². The van der Waals surface area contributed by atoms with Gasteiger partial charge in [0.15, 0.2) is 24.0 Å². The number of hydrogen-bond acceptors (Lipinski definition) is 7. The number of halogens is 1. The van der Waals surface area contributed by atoms with Crippen molar-refractivity contribution in [3.05, 3.63) is 28.7 Å². The van der Waals surface area contributed by atoms with Crippen LogP contribution in [-0.4, -0.2) is 60.1 Å². The molecule has 9 nitrogen and oxygen atoms in total. The van der Waals surface area contributed by atoms with E-state index in [4.69, 9.17) is 23.7 Å². The van der Waals surface area contributed by atoms with Gasteiger partial charge in [0.25, 0.3) is 5.91 Å². The molecular weight excluding hydrogens is 496 g/mol. The average molecular weight is 527 g/mol. The number of anilines is 1. The predicted molar refractivity (Wildman–Crippen MR) is 122 cm³/mol. The molecule has 0 spiro atoms. The summed E-state index contributed by atoms with van der Waals surface area (Å²) in [6.07, 6.45) is -3.61. The molecule has 10 heteroatoms. The third-order valence-electron chi connectivity index (χ3n) is 5.77. The number of benzene rings is 1. The average Bonchev–Trinajstić information content (AvgIpc) is 3.20. The molecule has 6 atom stereocenters. The second-order valence-corrected chi connectivity index (χ2v) is 10.7. The van der Waals surface area contributed by atoms with Crippen LogP contribution in [0.25, 0.3) is 0 Å². The molecule has 4 rings (SSSR count). The Morgan fingerprint density at radius 1 is 0.909 bits per heavy atom. The molecule has 3 fully saturated rings.